The monoisotopic (exact) mass is 547 g/mol. The molecular formula is C25H18F5N5O2S. The van der Waals surface area contributed by atoms with Gasteiger partial charge in [0.2, 0.25) is 5.91 Å². The molecule has 13 heteroatoms. The number of amides is 2. The number of carbonyl (C=O) groups excluding carboxylic acids is 2. The van der Waals surface area contributed by atoms with Crippen LogP contribution in [-0.2, 0) is 17.5 Å². The van der Waals surface area contributed by atoms with Crippen molar-refractivity contribution >= 4 is 29.3 Å². The SMILES string of the molecule is O=C(CSc1nnc(CNC(=O)c2ccccc2C(F)(F)F)n1-c1ccc(F)cc1)Nc1ccccc1F. The van der Waals surface area contributed by atoms with Crippen LogP contribution in [-0.4, -0.2) is 32.3 Å². The zero-order valence-corrected chi connectivity index (χ0v) is 20.1. The van der Waals surface area contributed by atoms with Crippen LogP contribution in [0.15, 0.2) is 78.0 Å². The Bertz CT molecular complexity index is 1460. The first-order valence-electron chi connectivity index (χ1n) is 11.0. The van der Waals surface area contributed by atoms with Gasteiger partial charge in [0.25, 0.3) is 5.91 Å². The van der Waals surface area contributed by atoms with Gasteiger partial charge in [0.05, 0.1) is 29.1 Å². The van der Waals surface area contributed by atoms with Gasteiger partial charge in [-0.3, -0.25) is 14.2 Å². The van der Waals surface area contributed by atoms with E-state index in [2.05, 4.69) is 20.8 Å². The van der Waals surface area contributed by atoms with Crippen LogP contribution in [0.1, 0.15) is 21.7 Å². The summed E-state index contributed by atoms with van der Waals surface area (Å²) in [5, 5.41) is 13.0. The van der Waals surface area contributed by atoms with E-state index in [0.717, 1.165) is 23.9 Å². The molecule has 0 spiro atoms. The molecular weight excluding hydrogens is 529 g/mol. The molecule has 0 aliphatic heterocycles. The number of hydrogen-bond acceptors (Lipinski definition) is 5. The molecule has 2 amide bonds. The quantitative estimate of drug-likeness (QED) is 0.233. The first-order chi connectivity index (χ1) is 18.1. The van der Waals surface area contributed by atoms with Gasteiger partial charge in [-0.15, -0.1) is 10.2 Å². The van der Waals surface area contributed by atoms with Gasteiger partial charge in [-0.2, -0.15) is 13.2 Å². The van der Waals surface area contributed by atoms with E-state index in [0.29, 0.717) is 5.69 Å². The molecule has 0 atom stereocenters. The number of nitrogens with zero attached hydrogens (tertiary/aromatic N) is 3. The number of thioether (sulfide) groups is 1. The normalized spacial score (nSPS) is 11.3. The third-order valence-electron chi connectivity index (χ3n) is 5.15. The van der Waals surface area contributed by atoms with Gasteiger partial charge in [0.15, 0.2) is 11.0 Å². The van der Waals surface area contributed by atoms with Crippen molar-refractivity contribution in [1.29, 1.82) is 0 Å². The molecule has 4 rings (SSSR count). The Morgan fingerprint density at radius 3 is 2.29 bits per heavy atom. The Balaban J connectivity index is 1.54. The molecule has 0 aliphatic carbocycles. The summed E-state index contributed by atoms with van der Waals surface area (Å²) >= 11 is 0.936. The largest absolute Gasteiger partial charge is 0.417 e. The third-order valence-corrected chi connectivity index (χ3v) is 6.08. The van der Waals surface area contributed by atoms with Crippen LogP contribution in [0.2, 0.25) is 0 Å². The van der Waals surface area contributed by atoms with Crippen LogP contribution in [0.3, 0.4) is 0 Å². The number of hydrogen-bond donors (Lipinski definition) is 2. The molecule has 0 unspecified atom stereocenters. The minimum Gasteiger partial charge on any atom is -0.345 e. The molecule has 3 aromatic carbocycles. The molecule has 196 valence electrons. The Morgan fingerprint density at radius 1 is 0.895 bits per heavy atom. The predicted octanol–water partition coefficient (Wildman–Crippen LogP) is 5.23. The summed E-state index contributed by atoms with van der Waals surface area (Å²) in [4.78, 5) is 25.0. The second kappa shape index (κ2) is 11.4. The number of aromatic nitrogens is 3. The molecule has 0 saturated heterocycles. The van der Waals surface area contributed by atoms with Crippen molar-refractivity contribution < 1.29 is 31.5 Å². The van der Waals surface area contributed by atoms with Crippen LogP contribution in [0, 0.1) is 11.6 Å². The topological polar surface area (TPSA) is 88.9 Å². The fourth-order valence-electron chi connectivity index (χ4n) is 3.42. The molecule has 0 radical (unpaired) electrons. The number of rotatable bonds is 8. The van der Waals surface area contributed by atoms with Gasteiger partial charge in [0, 0.05) is 5.69 Å². The lowest BCUT2D eigenvalue weighted by Crippen LogP contribution is -2.27. The van der Waals surface area contributed by atoms with Crippen molar-refractivity contribution in [3.05, 3.63) is 101 Å². The van der Waals surface area contributed by atoms with E-state index in [-0.39, 0.29) is 29.0 Å². The van der Waals surface area contributed by atoms with Crippen LogP contribution in [0.4, 0.5) is 27.6 Å². The Hall–Kier alpha value is -4.26. The van der Waals surface area contributed by atoms with Gasteiger partial charge in [-0.05, 0) is 48.5 Å². The lowest BCUT2D eigenvalue weighted by Gasteiger charge is -2.13. The highest BCUT2D eigenvalue weighted by Gasteiger charge is 2.34. The second-order valence-corrected chi connectivity index (χ2v) is 8.70. The van der Waals surface area contributed by atoms with Crippen LogP contribution in [0.5, 0.6) is 0 Å². The van der Waals surface area contributed by atoms with E-state index in [9.17, 15) is 31.5 Å². The number of carbonyl (C=O) groups is 2. The number of nitrogens with one attached hydrogen (secondary N) is 2. The fraction of sp³-hybridized carbons (Fsp3) is 0.120. The molecule has 4 aromatic rings. The second-order valence-electron chi connectivity index (χ2n) is 7.75. The molecule has 2 N–H and O–H groups in total. The van der Waals surface area contributed by atoms with Crippen molar-refractivity contribution in [3.63, 3.8) is 0 Å². The molecule has 0 bridgehead atoms. The molecule has 0 fully saturated rings. The van der Waals surface area contributed by atoms with E-state index in [1.165, 1.54) is 59.2 Å². The highest BCUT2D eigenvalue weighted by atomic mass is 32.2. The third kappa shape index (κ3) is 6.35. The molecule has 7 nitrogen and oxygen atoms in total. The molecule has 0 saturated carbocycles. The van der Waals surface area contributed by atoms with Crippen LogP contribution in [0.25, 0.3) is 5.69 Å². The predicted molar refractivity (Wildman–Crippen MR) is 130 cm³/mol. The standard InChI is InChI=1S/C25H18F5N5O2S/c26-15-9-11-16(12-10-15)35-21(13-31-23(37)17-5-1-2-6-18(17)25(28,29)30)33-34-24(35)38-14-22(36)32-20-8-4-3-7-19(20)27/h1-12H,13-14H2,(H,31,37)(H,32,36). The molecule has 1 aromatic heterocycles. The average Bonchev–Trinajstić information content (AvgIpc) is 3.30. The van der Waals surface area contributed by atoms with Crippen molar-refractivity contribution in [2.24, 2.45) is 0 Å². The summed E-state index contributed by atoms with van der Waals surface area (Å²) in [5.41, 5.74) is -1.27. The maximum absolute atomic E-state index is 13.8. The summed E-state index contributed by atoms with van der Waals surface area (Å²) in [6.45, 7) is -0.322. The highest BCUT2D eigenvalue weighted by molar-refractivity contribution is 7.99. The van der Waals surface area contributed by atoms with Crippen LogP contribution >= 0.6 is 11.8 Å². The zero-order chi connectivity index (χ0) is 27.3. The molecule has 1 heterocycles. The van der Waals surface area contributed by atoms with Gasteiger partial charge >= 0.3 is 6.18 Å². The van der Waals surface area contributed by atoms with Crippen LogP contribution < -0.4 is 10.6 Å². The molecule has 0 aliphatic rings. The maximum atomic E-state index is 13.8. The zero-order valence-electron chi connectivity index (χ0n) is 19.3. The van der Waals surface area contributed by atoms with E-state index < -0.39 is 40.8 Å². The summed E-state index contributed by atoms with van der Waals surface area (Å²) in [7, 11) is 0. The van der Waals surface area contributed by atoms with Crippen molar-refractivity contribution in [1.82, 2.24) is 20.1 Å². The summed E-state index contributed by atoms with van der Waals surface area (Å²) < 4.78 is 68.7. The lowest BCUT2D eigenvalue weighted by atomic mass is 10.1. The van der Waals surface area contributed by atoms with E-state index in [4.69, 9.17) is 0 Å². The Kier molecular flexibility index (Phi) is 8.05. The first kappa shape index (κ1) is 26.8. The smallest absolute Gasteiger partial charge is 0.345 e. The number of anilines is 1. The van der Waals surface area contributed by atoms with E-state index in [1.807, 2.05) is 0 Å². The van der Waals surface area contributed by atoms with Gasteiger partial charge < -0.3 is 10.6 Å². The number of halogens is 5. The number of para-hydroxylation sites is 1. The van der Waals surface area contributed by atoms with Crippen molar-refractivity contribution in [2.75, 3.05) is 11.1 Å². The minimum absolute atomic E-state index is 0.000593. The average molecular weight is 548 g/mol. The van der Waals surface area contributed by atoms with Crippen molar-refractivity contribution in [2.45, 2.75) is 17.9 Å². The minimum atomic E-state index is -4.73. The van der Waals surface area contributed by atoms with Gasteiger partial charge in [-0.25, -0.2) is 8.78 Å². The fourth-order valence-corrected chi connectivity index (χ4v) is 4.19. The summed E-state index contributed by atoms with van der Waals surface area (Å²) in [6.07, 6.45) is -4.73. The summed E-state index contributed by atoms with van der Waals surface area (Å²) in [6, 6.07) is 15.2. The Labute approximate surface area is 217 Å². The van der Waals surface area contributed by atoms with Crippen molar-refractivity contribution in [3.8, 4) is 5.69 Å². The van der Waals surface area contributed by atoms with Gasteiger partial charge in [-0.1, -0.05) is 36.0 Å². The first-order valence-corrected chi connectivity index (χ1v) is 11.9. The number of alkyl halides is 3. The lowest BCUT2D eigenvalue weighted by molar-refractivity contribution is -0.138. The maximum Gasteiger partial charge on any atom is 0.417 e. The van der Waals surface area contributed by atoms with E-state index >= 15 is 0 Å². The van der Waals surface area contributed by atoms with E-state index in [1.54, 1.807) is 6.07 Å². The number of benzene rings is 3. The summed E-state index contributed by atoms with van der Waals surface area (Å²) in [5.74, 6) is -2.72. The van der Waals surface area contributed by atoms with Gasteiger partial charge in [0.1, 0.15) is 11.6 Å². The Morgan fingerprint density at radius 2 is 1.58 bits per heavy atom. The molecule has 38 heavy (non-hydrogen) atoms. The highest BCUT2D eigenvalue weighted by Crippen LogP contribution is 2.32.